The SMILES string of the molecule is FC(F)(F)c1cccc(N2CCN(c3nc(-c4cccc(Cl)c4Cl)nc4ccccc34)CC2)c1. The monoisotopic (exact) mass is 502 g/mol. The molecule has 1 fully saturated rings. The minimum Gasteiger partial charge on any atom is -0.368 e. The van der Waals surface area contributed by atoms with Crippen LogP contribution in [0.1, 0.15) is 5.56 Å². The van der Waals surface area contributed by atoms with Gasteiger partial charge in [-0.2, -0.15) is 13.2 Å². The molecule has 3 aromatic carbocycles. The van der Waals surface area contributed by atoms with E-state index in [1.807, 2.05) is 35.2 Å². The van der Waals surface area contributed by atoms with Crippen LogP contribution in [0, 0.1) is 0 Å². The summed E-state index contributed by atoms with van der Waals surface area (Å²) in [6.45, 7) is 2.32. The highest BCUT2D eigenvalue weighted by molar-refractivity contribution is 6.43. The molecular formula is C25H19Cl2F3N4. The summed E-state index contributed by atoms with van der Waals surface area (Å²) in [5.41, 5.74) is 1.34. The van der Waals surface area contributed by atoms with Crippen LogP contribution in [0.2, 0.25) is 10.0 Å². The number of piperazine rings is 1. The first-order chi connectivity index (χ1) is 16.3. The van der Waals surface area contributed by atoms with Gasteiger partial charge in [0.1, 0.15) is 5.82 Å². The van der Waals surface area contributed by atoms with Gasteiger partial charge in [-0.25, -0.2) is 9.97 Å². The topological polar surface area (TPSA) is 32.3 Å². The lowest BCUT2D eigenvalue weighted by molar-refractivity contribution is -0.137. The number of anilines is 2. The number of alkyl halides is 3. The second kappa shape index (κ2) is 8.96. The number of fused-ring (bicyclic) bond motifs is 1. The molecule has 0 N–H and O–H groups in total. The quantitative estimate of drug-likeness (QED) is 0.303. The van der Waals surface area contributed by atoms with E-state index >= 15 is 0 Å². The molecule has 1 aliphatic heterocycles. The van der Waals surface area contributed by atoms with Crippen molar-refractivity contribution in [1.82, 2.24) is 9.97 Å². The lowest BCUT2D eigenvalue weighted by atomic mass is 10.1. The van der Waals surface area contributed by atoms with Gasteiger partial charge >= 0.3 is 6.18 Å². The molecule has 0 saturated carbocycles. The first kappa shape index (κ1) is 22.7. The van der Waals surface area contributed by atoms with Gasteiger partial charge in [0.15, 0.2) is 5.82 Å². The molecule has 0 unspecified atom stereocenters. The summed E-state index contributed by atoms with van der Waals surface area (Å²) in [5.74, 6) is 1.24. The molecule has 5 rings (SSSR count). The van der Waals surface area contributed by atoms with Gasteiger partial charge in [-0.05, 0) is 42.5 Å². The first-order valence-electron chi connectivity index (χ1n) is 10.7. The van der Waals surface area contributed by atoms with E-state index in [0.717, 1.165) is 22.8 Å². The molecule has 1 aromatic heterocycles. The van der Waals surface area contributed by atoms with Crippen molar-refractivity contribution >= 4 is 45.6 Å². The van der Waals surface area contributed by atoms with Crippen molar-refractivity contribution in [2.45, 2.75) is 6.18 Å². The molecule has 0 radical (unpaired) electrons. The number of para-hydroxylation sites is 1. The van der Waals surface area contributed by atoms with Gasteiger partial charge in [-0.3, -0.25) is 0 Å². The van der Waals surface area contributed by atoms with Gasteiger partial charge in [-0.15, -0.1) is 0 Å². The van der Waals surface area contributed by atoms with E-state index in [2.05, 4.69) is 4.90 Å². The van der Waals surface area contributed by atoms with Crippen LogP contribution in [0.3, 0.4) is 0 Å². The number of aromatic nitrogens is 2. The van der Waals surface area contributed by atoms with E-state index in [0.29, 0.717) is 53.3 Å². The summed E-state index contributed by atoms with van der Waals surface area (Å²) in [5, 5.41) is 1.71. The number of halogens is 5. The van der Waals surface area contributed by atoms with E-state index in [-0.39, 0.29) is 0 Å². The summed E-state index contributed by atoms with van der Waals surface area (Å²) in [7, 11) is 0. The van der Waals surface area contributed by atoms with Crippen LogP contribution >= 0.6 is 23.2 Å². The van der Waals surface area contributed by atoms with Crippen LogP contribution < -0.4 is 9.80 Å². The molecule has 0 bridgehead atoms. The molecule has 1 saturated heterocycles. The zero-order valence-electron chi connectivity index (χ0n) is 17.9. The molecule has 1 aliphatic rings. The summed E-state index contributed by atoms with van der Waals surface area (Å²) >= 11 is 12.6. The Morgan fingerprint density at radius 1 is 0.765 bits per heavy atom. The zero-order valence-corrected chi connectivity index (χ0v) is 19.4. The fourth-order valence-electron chi connectivity index (χ4n) is 4.15. The van der Waals surface area contributed by atoms with Crippen molar-refractivity contribution in [3.63, 3.8) is 0 Å². The van der Waals surface area contributed by atoms with Crippen LogP contribution in [0.25, 0.3) is 22.3 Å². The summed E-state index contributed by atoms with van der Waals surface area (Å²) in [6, 6.07) is 18.5. The Bertz CT molecular complexity index is 1350. The molecule has 4 nitrogen and oxygen atoms in total. The zero-order chi connectivity index (χ0) is 23.9. The van der Waals surface area contributed by atoms with Gasteiger partial charge in [0.2, 0.25) is 0 Å². The van der Waals surface area contributed by atoms with Crippen LogP contribution in [-0.2, 0) is 6.18 Å². The first-order valence-corrected chi connectivity index (χ1v) is 11.5. The Labute approximate surface area is 204 Å². The van der Waals surface area contributed by atoms with Crippen LogP contribution in [0.5, 0.6) is 0 Å². The van der Waals surface area contributed by atoms with E-state index in [9.17, 15) is 13.2 Å². The van der Waals surface area contributed by atoms with E-state index in [1.54, 1.807) is 18.2 Å². The van der Waals surface area contributed by atoms with Gasteiger partial charge in [-0.1, -0.05) is 47.5 Å². The second-order valence-corrected chi connectivity index (χ2v) is 8.80. The Kier molecular flexibility index (Phi) is 6.00. The third kappa shape index (κ3) is 4.38. The third-order valence-electron chi connectivity index (χ3n) is 5.89. The van der Waals surface area contributed by atoms with Crippen LogP contribution in [-0.4, -0.2) is 36.1 Å². The minimum absolute atomic E-state index is 0.389. The molecule has 9 heteroatoms. The van der Waals surface area contributed by atoms with Gasteiger partial charge in [0.05, 0.1) is 21.1 Å². The number of benzene rings is 3. The van der Waals surface area contributed by atoms with Crippen molar-refractivity contribution in [3.05, 3.63) is 82.3 Å². The standard InChI is InChI=1S/C25H19Cl2F3N4/c26-20-9-4-8-19(22(20)27)23-31-21-10-2-1-7-18(21)24(32-23)34-13-11-33(12-14-34)17-6-3-5-16(15-17)25(28,29)30/h1-10,15H,11-14H2. The Balaban J connectivity index is 1.46. The molecule has 2 heterocycles. The molecule has 4 aromatic rings. The normalized spacial score (nSPS) is 14.6. The number of hydrogen-bond donors (Lipinski definition) is 0. The predicted octanol–water partition coefficient (Wildman–Crippen LogP) is 6.95. The average Bonchev–Trinajstić information content (AvgIpc) is 2.85. The second-order valence-electron chi connectivity index (χ2n) is 8.01. The molecule has 174 valence electrons. The summed E-state index contributed by atoms with van der Waals surface area (Å²) in [6.07, 6.45) is -4.37. The maximum absolute atomic E-state index is 13.1. The van der Waals surface area contributed by atoms with Gasteiger partial charge in [0.25, 0.3) is 0 Å². The van der Waals surface area contributed by atoms with Crippen molar-refractivity contribution in [1.29, 1.82) is 0 Å². The Hall–Kier alpha value is -3.03. The molecule has 0 spiro atoms. The summed E-state index contributed by atoms with van der Waals surface area (Å²) < 4.78 is 39.4. The minimum atomic E-state index is -4.37. The number of hydrogen-bond acceptors (Lipinski definition) is 4. The van der Waals surface area contributed by atoms with E-state index in [1.165, 1.54) is 12.1 Å². The molecule has 0 atom stereocenters. The summed E-state index contributed by atoms with van der Waals surface area (Å²) in [4.78, 5) is 13.6. The molecule has 0 amide bonds. The maximum atomic E-state index is 13.1. The average molecular weight is 503 g/mol. The molecule has 34 heavy (non-hydrogen) atoms. The highest BCUT2D eigenvalue weighted by Crippen LogP contribution is 2.35. The van der Waals surface area contributed by atoms with Crippen molar-refractivity contribution in [2.75, 3.05) is 36.0 Å². The molecular weight excluding hydrogens is 484 g/mol. The third-order valence-corrected chi connectivity index (χ3v) is 6.71. The fourth-order valence-corrected chi connectivity index (χ4v) is 4.54. The Morgan fingerprint density at radius 3 is 2.24 bits per heavy atom. The fraction of sp³-hybridized carbons (Fsp3) is 0.200. The maximum Gasteiger partial charge on any atom is 0.416 e. The lowest BCUT2D eigenvalue weighted by Crippen LogP contribution is -2.47. The van der Waals surface area contributed by atoms with E-state index < -0.39 is 11.7 Å². The van der Waals surface area contributed by atoms with Crippen LogP contribution in [0.15, 0.2) is 66.7 Å². The number of rotatable bonds is 3. The van der Waals surface area contributed by atoms with Crippen molar-refractivity contribution in [2.24, 2.45) is 0 Å². The van der Waals surface area contributed by atoms with Crippen LogP contribution in [0.4, 0.5) is 24.7 Å². The van der Waals surface area contributed by atoms with Crippen molar-refractivity contribution < 1.29 is 13.2 Å². The predicted molar refractivity (Wildman–Crippen MR) is 131 cm³/mol. The van der Waals surface area contributed by atoms with Gasteiger partial charge < -0.3 is 9.80 Å². The van der Waals surface area contributed by atoms with E-state index in [4.69, 9.17) is 33.2 Å². The highest BCUT2D eigenvalue weighted by atomic mass is 35.5. The highest BCUT2D eigenvalue weighted by Gasteiger charge is 2.31. The van der Waals surface area contributed by atoms with Gasteiger partial charge in [0, 0.05) is 42.8 Å². The number of nitrogens with zero attached hydrogens (tertiary/aromatic N) is 4. The Morgan fingerprint density at radius 2 is 1.47 bits per heavy atom. The lowest BCUT2D eigenvalue weighted by Gasteiger charge is -2.37. The largest absolute Gasteiger partial charge is 0.416 e. The smallest absolute Gasteiger partial charge is 0.368 e. The van der Waals surface area contributed by atoms with Crippen molar-refractivity contribution in [3.8, 4) is 11.4 Å². The molecule has 0 aliphatic carbocycles.